The number of carbonyl (C=O) groups excluding carboxylic acids is 2. The number of amides is 2. The average molecular weight is 517 g/mol. The third kappa shape index (κ3) is 5.51. The molecule has 37 heavy (non-hydrogen) atoms. The second kappa shape index (κ2) is 11.4. The molecule has 1 saturated heterocycles. The molecule has 3 aromatic carbocycles. The summed E-state index contributed by atoms with van der Waals surface area (Å²) in [4.78, 5) is 33.7. The van der Waals surface area contributed by atoms with Gasteiger partial charge in [0.15, 0.2) is 0 Å². The van der Waals surface area contributed by atoms with E-state index in [1.165, 1.54) is 5.56 Å². The Morgan fingerprint density at radius 3 is 2.35 bits per heavy atom. The van der Waals surface area contributed by atoms with Gasteiger partial charge in [0.05, 0.1) is 31.8 Å². The van der Waals surface area contributed by atoms with Gasteiger partial charge < -0.3 is 10.2 Å². The van der Waals surface area contributed by atoms with Gasteiger partial charge in [0.25, 0.3) is 11.8 Å². The van der Waals surface area contributed by atoms with E-state index in [1.807, 2.05) is 13.0 Å². The molecule has 1 N–H and O–H groups in total. The molecular weight excluding hydrogens is 484 g/mol. The second-order valence-electron chi connectivity index (χ2n) is 9.36. The molecular formula is C29H32N4O3S. The standard InChI is InChI=1S/C29H32N4O3S/c1-2-33-25-20-23(12-13-27(25)37(36)26-11-7-6-10-24(26)29(33)35)28(34)30-14-15-31-16-18-32(19-17-31)21-22-8-4-3-5-9-22/h3-13,20H,2,14-19,21H2,1H3,(H,30,34)/t37-/m0/s1. The first-order chi connectivity index (χ1) is 18.0. The Hall–Kier alpha value is -3.33. The SMILES string of the molecule is CCN1C(=O)c2ccccc2[S@](=O)c2ccc(C(=O)NCCN3CCN(Cc4ccccc4)CC3)cc21. The topological polar surface area (TPSA) is 73.0 Å². The summed E-state index contributed by atoms with van der Waals surface area (Å²) in [6.45, 7) is 8.56. The third-order valence-electron chi connectivity index (χ3n) is 7.02. The van der Waals surface area contributed by atoms with E-state index in [0.717, 1.165) is 39.3 Å². The predicted molar refractivity (Wildman–Crippen MR) is 145 cm³/mol. The molecule has 0 bridgehead atoms. The van der Waals surface area contributed by atoms with Crippen LogP contribution in [-0.4, -0.2) is 71.6 Å². The Balaban J connectivity index is 1.19. The van der Waals surface area contributed by atoms with Crippen LogP contribution in [0, 0.1) is 0 Å². The van der Waals surface area contributed by atoms with Gasteiger partial charge in [0.2, 0.25) is 0 Å². The van der Waals surface area contributed by atoms with Crippen LogP contribution in [0.3, 0.4) is 0 Å². The fraction of sp³-hybridized carbons (Fsp3) is 0.310. The van der Waals surface area contributed by atoms with E-state index in [-0.39, 0.29) is 11.8 Å². The van der Waals surface area contributed by atoms with Crippen LogP contribution in [0.15, 0.2) is 82.6 Å². The van der Waals surface area contributed by atoms with Crippen LogP contribution < -0.4 is 10.2 Å². The average Bonchev–Trinajstić information content (AvgIpc) is 3.02. The highest BCUT2D eigenvalue weighted by atomic mass is 32.2. The summed E-state index contributed by atoms with van der Waals surface area (Å²) in [6.07, 6.45) is 0. The summed E-state index contributed by atoms with van der Waals surface area (Å²) in [6, 6.07) is 22.6. The van der Waals surface area contributed by atoms with Gasteiger partial charge in [-0.2, -0.15) is 0 Å². The lowest BCUT2D eigenvalue weighted by atomic mass is 10.1. The first kappa shape index (κ1) is 25.3. The third-order valence-corrected chi connectivity index (χ3v) is 8.52. The van der Waals surface area contributed by atoms with Gasteiger partial charge >= 0.3 is 0 Å². The molecule has 7 nitrogen and oxygen atoms in total. The molecule has 2 amide bonds. The fourth-order valence-corrected chi connectivity index (χ4v) is 6.31. The molecule has 0 spiro atoms. The van der Waals surface area contributed by atoms with Crippen LogP contribution in [-0.2, 0) is 17.3 Å². The van der Waals surface area contributed by atoms with E-state index < -0.39 is 10.8 Å². The minimum absolute atomic E-state index is 0.193. The highest BCUT2D eigenvalue weighted by molar-refractivity contribution is 7.85. The number of nitrogens with one attached hydrogen (secondary N) is 1. The normalized spacial score (nSPS) is 18.1. The lowest BCUT2D eigenvalue weighted by molar-refractivity contribution is 0.0932. The van der Waals surface area contributed by atoms with E-state index in [0.29, 0.717) is 39.7 Å². The van der Waals surface area contributed by atoms with Gasteiger partial charge in [-0.05, 0) is 42.8 Å². The molecule has 2 aliphatic heterocycles. The van der Waals surface area contributed by atoms with E-state index in [9.17, 15) is 13.8 Å². The molecule has 2 heterocycles. The van der Waals surface area contributed by atoms with Gasteiger partial charge in [-0.1, -0.05) is 42.5 Å². The highest BCUT2D eigenvalue weighted by Crippen LogP contribution is 2.35. The van der Waals surface area contributed by atoms with Gasteiger partial charge in [-0.15, -0.1) is 0 Å². The molecule has 0 aliphatic carbocycles. The van der Waals surface area contributed by atoms with E-state index in [2.05, 4.69) is 39.4 Å². The number of anilines is 1. The largest absolute Gasteiger partial charge is 0.351 e. The summed E-state index contributed by atoms with van der Waals surface area (Å²) in [5, 5.41) is 3.02. The molecule has 1 fully saturated rings. The Labute approximate surface area is 220 Å². The Bertz CT molecular complexity index is 1310. The van der Waals surface area contributed by atoms with Gasteiger partial charge in [0.1, 0.15) is 0 Å². The van der Waals surface area contributed by atoms with Crippen molar-refractivity contribution in [2.45, 2.75) is 23.3 Å². The molecule has 1 atom stereocenters. The van der Waals surface area contributed by atoms with Gasteiger partial charge in [-0.25, -0.2) is 4.21 Å². The molecule has 0 aromatic heterocycles. The predicted octanol–water partition coefficient (Wildman–Crippen LogP) is 3.38. The number of hydrogen-bond donors (Lipinski definition) is 1. The number of carbonyl (C=O) groups is 2. The molecule has 2 aliphatic rings. The van der Waals surface area contributed by atoms with Crippen molar-refractivity contribution in [1.82, 2.24) is 15.1 Å². The Morgan fingerprint density at radius 1 is 0.892 bits per heavy atom. The first-order valence-corrected chi connectivity index (χ1v) is 13.9. The fourth-order valence-electron chi connectivity index (χ4n) is 4.96. The zero-order chi connectivity index (χ0) is 25.8. The van der Waals surface area contributed by atoms with Crippen LogP contribution in [0.2, 0.25) is 0 Å². The van der Waals surface area contributed by atoms with Crippen molar-refractivity contribution < 1.29 is 13.8 Å². The number of nitrogens with zero attached hydrogens (tertiary/aromatic N) is 3. The lowest BCUT2D eigenvalue weighted by Gasteiger charge is -2.34. The van der Waals surface area contributed by atoms with Crippen LogP contribution in [0.5, 0.6) is 0 Å². The number of piperazine rings is 1. The van der Waals surface area contributed by atoms with Crippen molar-refractivity contribution in [2.75, 3.05) is 50.7 Å². The number of benzene rings is 3. The van der Waals surface area contributed by atoms with Crippen molar-refractivity contribution in [1.29, 1.82) is 0 Å². The van der Waals surface area contributed by atoms with Crippen LogP contribution in [0.1, 0.15) is 33.2 Å². The van der Waals surface area contributed by atoms with Crippen molar-refractivity contribution >= 4 is 28.3 Å². The first-order valence-electron chi connectivity index (χ1n) is 12.8. The number of hydrogen-bond acceptors (Lipinski definition) is 5. The van der Waals surface area contributed by atoms with Crippen LogP contribution in [0.4, 0.5) is 5.69 Å². The Kier molecular flexibility index (Phi) is 7.79. The molecule has 192 valence electrons. The molecule has 8 heteroatoms. The monoisotopic (exact) mass is 516 g/mol. The molecule has 0 saturated carbocycles. The minimum Gasteiger partial charge on any atom is -0.351 e. The number of rotatable bonds is 7. The lowest BCUT2D eigenvalue weighted by Crippen LogP contribution is -2.48. The maximum atomic E-state index is 13.3. The number of fused-ring (bicyclic) bond motifs is 2. The van der Waals surface area contributed by atoms with E-state index >= 15 is 0 Å². The minimum atomic E-state index is -1.50. The molecule has 0 unspecified atom stereocenters. The maximum absolute atomic E-state index is 13.3. The second-order valence-corrected chi connectivity index (χ2v) is 10.8. The van der Waals surface area contributed by atoms with Crippen molar-refractivity contribution in [3.63, 3.8) is 0 Å². The molecule has 0 radical (unpaired) electrons. The van der Waals surface area contributed by atoms with Gasteiger partial charge in [0, 0.05) is 57.9 Å². The summed E-state index contributed by atoms with van der Waals surface area (Å²) in [5.74, 6) is -0.393. The van der Waals surface area contributed by atoms with E-state index in [1.54, 1.807) is 47.4 Å². The summed E-state index contributed by atoms with van der Waals surface area (Å²) in [7, 11) is -1.50. The smallest absolute Gasteiger partial charge is 0.259 e. The Morgan fingerprint density at radius 2 is 1.59 bits per heavy atom. The summed E-state index contributed by atoms with van der Waals surface area (Å²) < 4.78 is 13.3. The van der Waals surface area contributed by atoms with Crippen molar-refractivity contribution in [2.24, 2.45) is 0 Å². The summed E-state index contributed by atoms with van der Waals surface area (Å²) in [5.41, 5.74) is 2.76. The van der Waals surface area contributed by atoms with Crippen LogP contribution in [0.25, 0.3) is 0 Å². The summed E-state index contributed by atoms with van der Waals surface area (Å²) >= 11 is 0. The van der Waals surface area contributed by atoms with Crippen LogP contribution >= 0.6 is 0 Å². The highest BCUT2D eigenvalue weighted by Gasteiger charge is 2.30. The zero-order valence-corrected chi connectivity index (χ0v) is 21.9. The molecule has 3 aromatic rings. The zero-order valence-electron chi connectivity index (χ0n) is 21.1. The molecule has 5 rings (SSSR count). The van der Waals surface area contributed by atoms with Crippen molar-refractivity contribution in [3.05, 3.63) is 89.5 Å². The van der Waals surface area contributed by atoms with E-state index in [4.69, 9.17) is 0 Å². The quantitative estimate of drug-likeness (QED) is 0.521. The van der Waals surface area contributed by atoms with Crippen molar-refractivity contribution in [3.8, 4) is 0 Å². The maximum Gasteiger partial charge on any atom is 0.259 e. The van der Waals surface area contributed by atoms with Gasteiger partial charge in [-0.3, -0.25) is 19.4 Å².